The lowest BCUT2D eigenvalue weighted by molar-refractivity contribution is 0.478. The van der Waals surface area contributed by atoms with Crippen LogP contribution in [0.1, 0.15) is 25.3 Å². The van der Waals surface area contributed by atoms with Gasteiger partial charge in [-0.05, 0) is 35.7 Å². The lowest BCUT2D eigenvalue weighted by atomic mass is 10.0. The van der Waals surface area contributed by atoms with E-state index in [9.17, 15) is 0 Å². The van der Waals surface area contributed by atoms with Gasteiger partial charge in [0.05, 0.1) is 0 Å². The number of nitrogen functional groups attached to an aromatic ring is 1. The van der Waals surface area contributed by atoms with Gasteiger partial charge < -0.3 is 10.5 Å². The number of hydrogen-bond acceptors (Lipinski definition) is 3. The average molecular weight is 278 g/mol. The Morgan fingerprint density at radius 3 is 2.57 bits per heavy atom. The summed E-state index contributed by atoms with van der Waals surface area (Å²) >= 11 is 0. The predicted octanol–water partition coefficient (Wildman–Crippen LogP) is 4.73. The second kappa shape index (κ2) is 5.44. The van der Waals surface area contributed by atoms with Crippen molar-refractivity contribution in [2.45, 2.75) is 19.8 Å². The van der Waals surface area contributed by atoms with E-state index in [-0.39, 0.29) is 0 Å². The van der Waals surface area contributed by atoms with Crippen LogP contribution in [-0.2, 0) is 0 Å². The van der Waals surface area contributed by atoms with Crippen molar-refractivity contribution in [3.63, 3.8) is 0 Å². The van der Waals surface area contributed by atoms with Crippen LogP contribution in [0.4, 0.5) is 5.69 Å². The summed E-state index contributed by atoms with van der Waals surface area (Å²) in [6, 6.07) is 13.8. The molecule has 2 N–H and O–H groups in total. The largest absolute Gasteiger partial charge is 0.456 e. The van der Waals surface area contributed by atoms with Gasteiger partial charge in [0.25, 0.3) is 0 Å². The smallest absolute Gasteiger partial charge is 0.135 e. The highest BCUT2D eigenvalue weighted by molar-refractivity contribution is 5.96. The molecular formula is C18H18N2O. The van der Waals surface area contributed by atoms with E-state index in [2.05, 4.69) is 24.9 Å². The van der Waals surface area contributed by atoms with Crippen molar-refractivity contribution in [2.24, 2.45) is 0 Å². The Kier molecular flexibility index (Phi) is 3.48. The lowest BCUT2D eigenvalue weighted by Crippen LogP contribution is -1.95. The fourth-order valence-corrected chi connectivity index (χ4v) is 2.44. The molecule has 3 rings (SSSR count). The van der Waals surface area contributed by atoms with Crippen LogP contribution in [0, 0.1) is 0 Å². The van der Waals surface area contributed by atoms with Crippen molar-refractivity contribution < 1.29 is 4.74 Å². The Morgan fingerprint density at radius 2 is 1.76 bits per heavy atom. The molecule has 0 bridgehead atoms. The van der Waals surface area contributed by atoms with Crippen LogP contribution in [0.25, 0.3) is 10.8 Å². The molecule has 0 aliphatic rings. The molecule has 0 aliphatic heterocycles. The van der Waals surface area contributed by atoms with Gasteiger partial charge in [0.1, 0.15) is 11.5 Å². The number of hydrogen-bond donors (Lipinski definition) is 1. The molecule has 21 heavy (non-hydrogen) atoms. The second-order valence-corrected chi connectivity index (χ2v) is 5.37. The number of anilines is 1. The van der Waals surface area contributed by atoms with E-state index in [0.29, 0.717) is 11.6 Å². The fourth-order valence-electron chi connectivity index (χ4n) is 2.44. The fraction of sp³-hybridized carbons (Fsp3) is 0.167. The minimum absolute atomic E-state index is 0.405. The van der Waals surface area contributed by atoms with E-state index in [4.69, 9.17) is 10.5 Å². The molecule has 0 aliphatic carbocycles. The van der Waals surface area contributed by atoms with Crippen LogP contribution in [0.3, 0.4) is 0 Å². The number of fused-ring (bicyclic) bond motifs is 1. The quantitative estimate of drug-likeness (QED) is 0.704. The van der Waals surface area contributed by atoms with Gasteiger partial charge in [0.15, 0.2) is 0 Å². The van der Waals surface area contributed by atoms with Gasteiger partial charge in [-0.25, -0.2) is 0 Å². The second-order valence-electron chi connectivity index (χ2n) is 5.37. The molecule has 0 fully saturated rings. The first-order valence-electron chi connectivity index (χ1n) is 7.06. The molecule has 3 aromatic rings. The number of ether oxygens (including phenoxy) is 1. The first-order valence-corrected chi connectivity index (χ1v) is 7.06. The van der Waals surface area contributed by atoms with Gasteiger partial charge in [-0.15, -0.1) is 0 Å². The number of para-hydroxylation sites is 1. The Hall–Kier alpha value is -2.55. The van der Waals surface area contributed by atoms with E-state index < -0.39 is 0 Å². The van der Waals surface area contributed by atoms with Crippen LogP contribution >= 0.6 is 0 Å². The Balaban J connectivity index is 2.09. The summed E-state index contributed by atoms with van der Waals surface area (Å²) in [5.41, 5.74) is 7.90. The van der Waals surface area contributed by atoms with E-state index in [1.807, 2.05) is 36.4 Å². The van der Waals surface area contributed by atoms with E-state index in [1.54, 1.807) is 12.4 Å². The number of nitrogens with two attached hydrogens (primary N) is 1. The molecule has 0 saturated heterocycles. The summed E-state index contributed by atoms with van der Waals surface area (Å²) in [5, 5.41) is 1.89. The van der Waals surface area contributed by atoms with Crippen molar-refractivity contribution in [3.8, 4) is 11.5 Å². The Labute approximate surface area is 124 Å². The summed E-state index contributed by atoms with van der Waals surface area (Å²) in [7, 11) is 0. The van der Waals surface area contributed by atoms with Crippen molar-refractivity contribution >= 4 is 16.5 Å². The van der Waals surface area contributed by atoms with E-state index in [0.717, 1.165) is 22.3 Å². The summed E-state index contributed by atoms with van der Waals surface area (Å²) in [6.07, 6.45) is 3.52. The number of rotatable bonds is 3. The standard InChI is InChI=1S/C18H18N2O/c1-12(2)13-5-3-4-6-17(13)21-18-8-7-16(19)15-11-20-10-9-14(15)18/h3-12H,19H2,1-2H3. The number of aromatic nitrogens is 1. The molecule has 0 amide bonds. The topological polar surface area (TPSA) is 48.1 Å². The maximum Gasteiger partial charge on any atom is 0.135 e. The SMILES string of the molecule is CC(C)c1ccccc1Oc1ccc(N)c2cnccc12. The molecule has 0 unspecified atom stereocenters. The number of pyridine rings is 1. The molecule has 106 valence electrons. The van der Waals surface area contributed by atoms with Crippen molar-refractivity contribution in [3.05, 3.63) is 60.4 Å². The third-order valence-electron chi connectivity index (χ3n) is 3.57. The molecular weight excluding hydrogens is 260 g/mol. The average Bonchev–Trinajstić information content (AvgIpc) is 2.51. The summed E-state index contributed by atoms with van der Waals surface area (Å²) in [6.45, 7) is 4.32. The van der Waals surface area contributed by atoms with Crippen molar-refractivity contribution in [2.75, 3.05) is 5.73 Å². The Bertz CT molecular complexity index is 781. The molecule has 3 nitrogen and oxygen atoms in total. The van der Waals surface area contributed by atoms with Crippen molar-refractivity contribution in [1.82, 2.24) is 4.98 Å². The minimum Gasteiger partial charge on any atom is -0.456 e. The van der Waals surface area contributed by atoms with Crippen LogP contribution in [-0.4, -0.2) is 4.98 Å². The monoisotopic (exact) mass is 278 g/mol. The van der Waals surface area contributed by atoms with Crippen LogP contribution in [0.5, 0.6) is 11.5 Å². The zero-order valence-electron chi connectivity index (χ0n) is 12.2. The normalized spacial score (nSPS) is 11.0. The zero-order valence-corrected chi connectivity index (χ0v) is 12.2. The molecule has 0 atom stereocenters. The summed E-state index contributed by atoms with van der Waals surface area (Å²) in [4.78, 5) is 4.13. The number of nitrogens with zero attached hydrogens (tertiary/aromatic N) is 1. The predicted molar refractivity (Wildman–Crippen MR) is 86.8 cm³/mol. The van der Waals surface area contributed by atoms with Gasteiger partial charge in [0, 0.05) is 28.9 Å². The van der Waals surface area contributed by atoms with Gasteiger partial charge >= 0.3 is 0 Å². The van der Waals surface area contributed by atoms with Crippen molar-refractivity contribution in [1.29, 1.82) is 0 Å². The lowest BCUT2D eigenvalue weighted by Gasteiger charge is -2.15. The first-order chi connectivity index (χ1) is 10.2. The zero-order chi connectivity index (χ0) is 14.8. The van der Waals surface area contributed by atoms with Gasteiger partial charge in [-0.3, -0.25) is 4.98 Å². The van der Waals surface area contributed by atoms with E-state index in [1.165, 1.54) is 5.56 Å². The number of benzene rings is 2. The first kappa shape index (κ1) is 13.4. The molecule has 3 heteroatoms. The highest BCUT2D eigenvalue weighted by atomic mass is 16.5. The third-order valence-corrected chi connectivity index (χ3v) is 3.57. The van der Waals surface area contributed by atoms with Crippen LogP contribution in [0.2, 0.25) is 0 Å². The molecule has 0 saturated carbocycles. The molecule has 1 heterocycles. The van der Waals surface area contributed by atoms with Gasteiger partial charge in [-0.2, -0.15) is 0 Å². The third kappa shape index (κ3) is 2.55. The van der Waals surface area contributed by atoms with Crippen LogP contribution in [0.15, 0.2) is 54.9 Å². The van der Waals surface area contributed by atoms with Gasteiger partial charge in [0.2, 0.25) is 0 Å². The molecule has 1 aromatic heterocycles. The molecule has 2 aromatic carbocycles. The molecule has 0 spiro atoms. The van der Waals surface area contributed by atoms with Crippen LogP contribution < -0.4 is 10.5 Å². The molecule has 0 radical (unpaired) electrons. The highest BCUT2D eigenvalue weighted by Gasteiger charge is 2.10. The maximum absolute atomic E-state index is 6.16. The van der Waals surface area contributed by atoms with E-state index >= 15 is 0 Å². The summed E-state index contributed by atoms with van der Waals surface area (Å²) < 4.78 is 6.16. The van der Waals surface area contributed by atoms with Gasteiger partial charge in [-0.1, -0.05) is 32.0 Å². The Morgan fingerprint density at radius 1 is 0.952 bits per heavy atom. The minimum atomic E-state index is 0.405. The highest BCUT2D eigenvalue weighted by Crippen LogP contribution is 2.35. The summed E-state index contributed by atoms with van der Waals surface area (Å²) in [5.74, 6) is 2.09. The maximum atomic E-state index is 6.16.